The van der Waals surface area contributed by atoms with Gasteiger partial charge in [0.05, 0.1) is 0 Å². The van der Waals surface area contributed by atoms with Crippen molar-refractivity contribution in [3.05, 3.63) is 29.8 Å². The predicted octanol–water partition coefficient (Wildman–Crippen LogP) is 3.86. The van der Waals surface area contributed by atoms with Crippen molar-refractivity contribution >= 4 is 6.08 Å². The minimum absolute atomic E-state index is 0.338. The molecule has 1 aliphatic heterocycles. The topological polar surface area (TPSA) is 18.5 Å². The molecule has 0 N–H and O–H groups in total. The molecule has 16 heavy (non-hydrogen) atoms. The minimum atomic E-state index is 0.338. The van der Waals surface area contributed by atoms with Crippen LogP contribution in [0.4, 0.5) is 0 Å². The van der Waals surface area contributed by atoms with Gasteiger partial charge in [-0.3, -0.25) is 0 Å². The van der Waals surface area contributed by atoms with Crippen molar-refractivity contribution in [2.45, 2.75) is 27.2 Å². The normalized spacial score (nSPS) is 14.7. The van der Waals surface area contributed by atoms with Gasteiger partial charge in [-0.2, -0.15) is 0 Å². The van der Waals surface area contributed by atoms with Crippen LogP contribution < -0.4 is 9.47 Å². The summed E-state index contributed by atoms with van der Waals surface area (Å²) in [6, 6.07) is 6.02. The largest absolute Gasteiger partial charge is 0.454 e. The Morgan fingerprint density at radius 3 is 2.69 bits per heavy atom. The Morgan fingerprint density at radius 1 is 1.19 bits per heavy atom. The second kappa shape index (κ2) is 4.20. The Kier molecular flexibility index (Phi) is 2.90. The Bertz CT molecular complexity index is 400. The molecule has 0 aromatic heterocycles. The fourth-order valence-corrected chi connectivity index (χ4v) is 1.57. The smallest absolute Gasteiger partial charge is 0.231 e. The molecule has 0 saturated heterocycles. The van der Waals surface area contributed by atoms with Crippen LogP contribution in [-0.4, -0.2) is 6.79 Å². The van der Waals surface area contributed by atoms with Crippen molar-refractivity contribution in [1.29, 1.82) is 0 Å². The summed E-state index contributed by atoms with van der Waals surface area (Å²) in [7, 11) is 0. The third-order valence-corrected chi connectivity index (χ3v) is 2.44. The van der Waals surface area contributed by atoms with Crippen molar-refractivity contribution in [3.8, 4) is 11.5 Å². The van der Waals surface area contributed by atoms with Crippen LogP contribution in [0.5, 0.6) is 11.5 Å². The van der Waals surface area contributed by atoms with Crippen LogP contribution >= 0.6 is 0 Å². The van der Waals surface area contributed by atoms with Gasteiger partial charge in [-0.05, 0) is 29.5 Å². The maximum atomic E-state index is 5.33. The molecule has 0 saturated carbocycles. The Balaban J connectivity index is 2.05. The van der Waals surface area contributed by atoms with Gasteiger partial charge in [0, 0.05) is 0 Å². The minimum Gasteiger partial charge on any atom is -0.454 e. The van der Waals surface area contributed by atoms with Crippen molar-refractivity contribution in [2.24, 2.45) is 5.41 Å². The van der Waals surface area contributed by atoms with E-state index in [-0.39, 0.29) is 0 Å². The molecule has 0 fully saturated rings. The lowest BCUT2D eigenvalue weighted by atomic mass is 9.92. The first-order chi connectivity index (χ1) is 7.54. The molecule has 1 heterocycles. The van der Waals surface area contributed by atoms with E-state index in [9.17, 15) is 0 Å². The first-order valence-corrected chi connectivity index (χ1v) is 5.61. The molecule has 86 valence electrons. The number of benzene rings is 1. The molecule has 1 aromatic rings. The zero-order valence-electron chi connectivity index (χ0n) is 10.1. The average Bonchev–Trinajstić information content (AvgIpc) is 2.62. The van der Waals surface area contributed by atoms with E-state index in [0.29, 0.717) is 12.2 Å². The van der Waals surface area contributed by atoms with Crippen LogP contribution in [0.15, 0.2) is 24.3 Å². The highest BCUT2D eigenvalue weighted by Gasteiger charge is 2.12. The number of ether oxygens (including phenoxy) is 2. The van der Waals surface area contributed by atoms with Crippen molar-refractivity contribution in [3.63, 3.8) is 0 Å². The summed E-state index contributed by atoms with van der Waals surface area (Å²) in [5.41, 5.74) is 1.50. The summed E-state index contributed by atoms with van der Waals surface area (Å²) < 4.78 is 10.6. The Morgan fingerprint density at radius 2 is 1.94 bits per heavy atom. The summed E-state index contributed by atoms with van der Waals surface area (Å²) in [6.45, 7) is 7.04. The van der Waals surface area contributed by atoms with E-state index in [0.717, 1.165) is 23.5 Å². The lowest BCUT2D eigenvalue weighted by Crippen LogP contribution is -2.01. The molecular formula is C14H18O2. The number of allylic oxidation sites excluding steroid dienone is 1. The molecular weight excluding hydrogens is 200 g/mol. The van der Waals surface area contributed by atoms with Gasteiger partial charge >= 0.3 is 0 Å². The van der Waals surface area contributed by atoms with Crippen molar-refractivity contribution < 1.29 is 9.47 Å². The monoisotopic (exact) mass is 218 g/mol. The first kappa shape index (κ1) is 11.1. The predicted molar refractivity (Wildman–Crippen MR) is 65.7 cm³/mol. The van der Waals surface area contributed by atoms with Gasteiger partial charge in [-0.25, -0.2) is 0 Å². The van der Waals surface area contributed by atoms with Gasteiger partial charge < -0.3 is 9.47 Å². The molecule has 1 aliphatic rings. The SMILES string of the molecule is CC(C)(C)C/C=C/c1ccc2c(c1)OCO2. The summed E-state index contributed by atoms with van der Waals surface area (Å²) >= 11 is 0. The highest BCUT2D eigenvalue weighted by atomic mass is 16.7. The lowest BCUT2D eigenvalue weighted by molar-refractivity contribution is 0.174. The van der Waals surface area contributed by atoms with Gasteiger partial charge in [-0.1, -0.05) is 39.0 Å². The molecule has 2 rings (SSSR count). The number of hydrogen-bond acceptors (Lipinski definition) is 2. The Hall–Kier alpha value is -1.44. The van der Waals surface area contributed by atoms with E-state index >= 15 is 0 Å². The molecule has 0 radical (unpaired) electrons. The highest BCUT2D eigenvalue weighted by molar-refractivity contribution is 5.56. The highest BCUT2D eigenvalue weighted by Crippen LogP contribution is 2.33. The van der Waals surface area contributed by atoms with Gasteiger partial charge in [0.1, 0.15) is 0 Å². The van der Waals surface area contributed by atoms with Gasteiger partial charge in [0.2, 0.25) is 6.79 Å². The van der Waals surface area contributed by atoms with Crippen LogP contribution in [0.2, 0.25) is 0 Å². The van der Waals surface area contributed by atoms with Crippen LogP contribution in [0.25, 0.3) is 6.08 Å². The quantitative estimate of drug-likeness (QED) is 0.750. The third-order valence-electron chi connectivity index (χ3n) is 2.44. The molecule has 0 aliphatic carbocycles. The van der Waals surface area contributed by atoms with Crippen LogP contribution in [-0.2, 0) is 0 Å². The van der Waals surface area contributed by atoms with Gasteiger partial charge in [0.25, 0.3) is 0 Å². The zero-order valence-corrected chi connectivity index (χ0v) is 10.1. The van der Waals surface area contributed by atoms with E-state index in [1.165, 1.54) is 0 Å². The van der Waals surface area contributed by atoms with Crippen molar-refractivity contribution in [1.82, 2.24) is 0 Å². The molecule has 1 aromatic carbocycles. The molecule has 0 spiro atoms. The Labute approximate surface area is 96.9 Å². The molecule has 2 heteroatoms. The van der Waals surface area contributed by atoms with Gasteiger partial charge in [0.15, 0.2) is 11.5 Å². The third kappa shape index (κ3) is 2.78. The van der Waals surface area contributed by atoms with E-state index < -0.39 is 0 Å². The fraction of sp³-hybridized carbons (Fsp3) is 0.429. The van der Waals surface area contributed by atoms with Gasteiger partial charge in [-0.15, -0.1) is 0 Å². The van der Waals surface area contributed by atoms with E-state index in [1.807, 2.05) is 18.2 Å². The zero-order chi connectivity index (χ0) is 11.6. The first-order valence-electron chi connectivity index (χ1n) is 5.61. The number of fused-ring (bicyclic) bond motifs is 1. The molecule has 0 unspecified atom stereocenters. The number of hydrogen-bond donors (Lipinski definition) is 0. The van der Waals surface area contributed by atoms with E-state index in [4.69, 9.17) is 9.47 Å². The number of rotatable bonds is 2. The summed E-state index contributed by atoms with van der Waals surface area (Å²) in [5, 5.41) is 0. The van der Waals surface area contributed by atoms with Crippen LogP contribution in [0.1, 0.15) is 32.8 Å². The second-order valence-electron chi connectivity index (χ2n) is 5.28. The fourth-order valence-electron chi connectivity index (χ4n) is 1.57. The maximum absolute atomic E-state index is 5.33. The van der Waals surface area contributed by atoms with E-state index in [2.05, 4.69) is 32.9 Å². The standard InChI is InChI=1S/C14H18O2/c1-14(2,3)8-4-5-11-6-7-12-13(9-11)16-10-15-12/h4-7,9H,8,10H2,1-3H3/b5-4+. The molecule has 0 amide bonds. The van der Waals surface area contributed by atoms with Crippen molar-refractivity contribution in [2.75, 3.05) is 6.79 Å². The van der Waals surface area contributed by atoms with Crippen LogP contribution in [0.3, 0.4) is 0 Å². The summed E-state index contributed by atoms with van der Waals surface area (Å²) in [4.78, 5) is 0. The lowest BCUT2D eigenvalue weighted by Gasteiger charge is -2.14. The van der Waals surface area contributed by atoms with Crippen LogP contribution in [0, 0.1) is 5.41 Å². The molecule has 0 atom stereocenters. The van der Waals surface area contributed by atoms with E-state index in [1.54, 1.807) is 0 Å². The second-order valence-corrected chi connectivity index (χ2v) is 5.28. The summed E-state index contributed by atoms with van der Waals surface area (Å²) in [5.74, 6) is 1.69. The average molecular weight is 218 g/mol. The molecule has 2 nitrogen and oxygen atoms in total. The molecule has 0 bridgehead atoms. The summed E-state index contributed by atoms with van der Waals surface area (Å²) in [6.07, 6.45) is 5.41. The maximum Gasteiger partial charge on any atom is 0.231 e.